The van der Waals surface area contributed by atoms with E-state index in [1.807, 2.05) is 20.8 Å². The van der Waals surface area contributed by atoms with Gasteiger partial charge in [-0.3, -0.25) is 14.5 Å². The Balaban J connectivity index is 1.63. The summed E-state index contributed by atoms with van der Waals surface area (Å²) in [7, 11) is 0. The zero-order valence-corrected chi connectivity index (χ0v) is 21.5. The maximum Gasteiger partial charge on any atom is 0.300 e. The molecule has 1 unspecified atom stereocenters. The topological polar surface area (TPSA) is 94.5 Å². The van der Waals surface area contributed by atoms with Crippen LogP contribution in [-0.2, 0) is 9.59 Å². The van der Waals surface area contributed by atoms with Gasteiger partial charge < -0.3 is 24.1 Å². The quantitative estimate of drug-likeness (QED) is 0.236. The van der Waals surface area contributed by atoms with Gasteiger partial charge in [-0.25, -0.2) is 0 Å². The van der Waals surface area contributed by atoms with Crippen LogP contribution in [0.2, 0.25) is 0 Å². The highest BCUT2D eigenvalue weighted by atomic mass is 16.7. The molecule has 0 spiro atoms. The van der Waals surface area contributed by atoms with Gasteiger partial charge in [-0.1, -0.05) is 31.2 Å². The normalized spacial score (nSPS) is 17.8. The summed E-state index contributed by atoms with van der Waals surface area (Å²) in [5.74, 6) is 0.438. The van der Waals surface area contributed by atoms with E-state index in [2.05, 4.69) is 0 Å². The Morgan fingerprint density at radius 2 is 1.76 bits per heavy atom. The number of carbonyl (C=O) groups excluding carboxylic acids is 2. The van der Waals surface area contributed by atoms with Crippen molar-refractivity contribution in [3.63, 3.8) is 0 Å². The molecule has 8 heteroatoms. The summed E-state index contributed by atoms with van der Waals surface area (Å²) in [5, 5.41) is 11.4. The summed E-state index contributed by atoms with van der Waals surface area (Å²) in [4.78, 5) is 28.3. The number of ketones is 1. The Hall–Kier alpha value is -4.46. The molecular weight excluding hydrogens is 486 g/mol. The lowest BCUT2D eigenvalue weighted by Crippen LogP contribution is -2.29. The number of amides is 1. The fourth-order valence-electron chi connectivity index (χ4n) is 4.56. The molecule has 38 heavy (non-hydrogen) atoms. The molecule has 1 atom stereocenters. The van der Waals surface area contributed by atoms with Gasteiger partial charge in [0.05, 0.1) is 24.3 Å². The number of ether oxygens (including phenoxy) is 4. The Morgan fingerprint density at radius 1 is 1.00 bits per heavy atom. The van der Waals surface area contributed by atoms with Gasteiger partial charge >= 0.3 is 0 Å². The van der Waals surface area contributed by atoms with Gasteiger partial charge in [-0.2, -0.15) is 0 Å². The first kappa shape index (κ1) is 25.2. The third kappa shape index (κ3) is 4.77. The van der Waals surface area contributed by atoms with E-state index >= 15 is 0 Å². The van der Waals surface area contributed by atoms with E-state index in [0.29, 0.717) is 46.4 Å². The minimum Gasteiger partial charge on any atom is -0.507 e. The molecule has 1 N–H and O–H groups in total. The molecule has 1 fully saturated rings. The van der Waals surface area contributed by atoms with E-state index in [-0.39, 0.29) is 24.2 Å². The average molecular weight is 516 g/mol. The standard InChI is InChI=1S/C30H29NO7/c1-4-14-35-23-7-5-6-20(15-23)28(32)26-27(19-8-11-22(12-9-19)38-18(2)3)31(30(34)29(26)33)21-10-13-24-25(16-21)37-17-36-24/h5-13,15-16,18,27,32H,4,14,17H2,1-3H3/b28-26+. The van der Waals surface area contributed by atoms with Gasteiger partial charge in [0.15, 0.2) is 11.5 Å². The molecule has 1 amide bonds. The number of anilines is 1. The smallest absolute Gasteiger partial charge is 0.300 e. The Labute approximate surface area is 221 Å². The summed E-state index contributed by atoms with van der Waals surface area (Å²) in [6, 6.07) is 18.2. The summed E-state index contributed by atoms with van der Waals surface area (Å²) < 4.78 is 22.4. The number of carbonyl (C=O) groups is 2. The van der Waals surface area contributed by atoms with E-state index in [0.717, 1.165) is 6.42 Å². The summed E-state index contributed by atoms with van der Waals surface area (Å²) in [6.45, 7) is 6.46. The van der Waals surface area contributed by atoms with Gasteiger partial charge in [0.25, 0.3) is 11.7 Å². The predicted molar refractivity (Wildman–Crippen MR) is 142 cm³/mol. The second-order valence-electron chi connectivity index (χ2n) is 9.32. The van der Waals surface area contributed by atoms with Crippen LogP contribution in [0.5, 0.6) is 23.0 Å². The molecular formula is C30H29NO7. The third-order valence-electron chi connectivity index (χ3n) is 6.23. The van der Waals surface area contributed by atoms with Crippen molar-refractivity contribution in [2.24, 2.45) is 0 Å². The Kier molecular flexibility index (Phi) is 6.96. The number of benzene rings is 3. The van der Waals surface area contributed by atoms with Gasteiger partial charge in [-0.05, 0) is 62.2 Å². The number of hydrogen-bond acceptors (Lipinski definition) is 7. The van der Waals surface area contributed by atoms with Crippen molar-refractivity contribution in [3.05, 3.63) is 83.4 Å². The van der Waals surface area contributed by atoms with Crippen LogP contribution in [-0.4, -0.2) is 36.3 Å². The molecule has 2 aliphatic heterocycles. The first-order valence-corrected chi connectivity index (χ1v) is 12.6. The molecule has 2 aliphatic rings. The lowest BCUT2D eigenvalue weighted by Gasteiger charge is -2.26. The van der Waals surface area contributed by atoms with Crippen molar-refractivity contribution in [1.82, 2.24) is 0 Å². The number of aliphatic hydroxyl groups excluding tert-OH is 1. The Morgan fingerprint density at radius 3 is 2.50 bits per heavy atom. The van der Waals surface area contributed by atoms with Crippen LogP contribution < -0.4 is 23.8 Å². The van der Waals surface area contributed by atoms with Crippen molar-refractivity contribution < 1.29 is 33.6 Å². The van der Waals surface area contributed by atoms with Crippen LogP contribution in [0.15, 0.2) is 72.3 Å². The molecule has 8 nitrogen and oxygen atoms in total. The van der Waals surface area contributed by atoms with E-state index in [1.54, 1.807) is 66.7 Å². The maximum absolute atomic E-state index is 13.5. The van der Waals surface area contributed by atoms with Crippen LogP contribution in [0.3, 0.4) is 0 Å². The van der Waals surface area contributed by atoms with Crippen LogP contribution in [0.1, 0.15) is 44.4 Å². The van der Waals surface area contributed by atoms with E-state index in [1.165, 1.54) is 4.90 Å². The third-order valence-corrected chi connectivity index (χ3v) is 6.23. The summed E-state index contributed by atoms with van der Waals surface area (Å²) in [6.07, 6.45) is 0.815. The second kappa shape index (κ2) is 10.5. The first-order chi connectivity index (χ1) is 18.4. The molecule has 2 heterocycles. The highest BCUT2D eigenvalue weighted by molar-refractivity contribution is 6.51. The number of fused-ring (bicyclic) bond motifs is 1. The SMILES string of the molecule is CCCOc1cccc(/C(O)=C2\C(=O)C(=O)N(c3ccc4c(c3)OCO4)C2c2ccc(OC(C)C)cc2)c1. The van der Waals surface area contributed by atoms with Gasteiger partial charge in [0.2, 0.25) is 6.79 Å². The van der Waals surface area contributed by atoms with Crippen LogP contribution >= 0.6 is 0 Å². The van der Waals surface area contributed by atoms with Gasteiger partial charge in [-0.15, -0.1) is 0 Å². The zero-order valence-electron chi connectivity index (χ0n) is 21.5. The molecule has 196 valence electrons. The minimum absolute atomic E-state index is 0.0117. The molecule has 1 saturated heterocycles. The number of nitrogens with zero attached hydrogens (tertiary/aromatic N) is 1. The maximum atomic E-state index is 13.5. The van der Waals surface area contributed by atoms with Crippen molar-refractivity contribution in [2.45, 2.75) is 39.3 Å². The molecule has 5 rings (SSSR count). The molecule has 0 aromatic heterocycles. The van der Waals surface area contributed by atoms with Crippen LogP contribution in [0, 0.1) is 0 Å². The molecule has 0 saturated carbocycles. The van der Waals surface area contributed by atoms with E-state index in [9.17, 15) is 14.7 Å². The predicted octanol–water partition coefficient (Wildman–Crippen LogP) is 5.62. The van der Waals surface area contributed by atoms with E-state index < -0.39 is 17.7 Å². The monoisotopic (exact) mass is 515 g/mol. The molecule has 3 aromatic carbocycles. The fourth-order valence-corrected chi connectivity index (χ4v) is 4.56. The van der Waals surface area contributed by atoms with E-state index in [4.69, 9.17) is 18.9 Å². The summed E-state index contributed by atoms with van der Waals surface area (Å²) in [5.41, 5.74) is 1.45. The van der Waals surface area contributed by atoms with Gasteiger partial charge in [0, 0.05) is 17.3 Å². The number of Topliss-reactive ketones (excluding diaryl/α,β-unsaturated/α-hetero) is 1. The second-order valence-corrected chi connectivity index (χ2v) is 9.32. The summed E-state index contributed by atoms with van der Waals surface area (Å²) >= 11 is 0. The molecule has 0 radical (unpaired) electrons. The Bertz CT molecular complexity index is 1390. The zero-order chi connectivity index (χ0) is 26.8. The number of rotatable bonds is 8. The number of hydrogen-bond donors (Lipinski definition) is 1. The molecule has 0 bridgehead atoms. The average Bonchev–Trinajstić information content (AvgIpc) is 3.49. The minimum atomic E-state index is -0.885. The molecule has 3 aromatic rings. The van der Waals surface area contributed by atoms with Crippen LogP contribution in [0.4, 0.5) is 5.69 Å². The lowest BCUT2D eigenvalue weighted by molar-refractivity contribution is -0.132. The van der Waals surface area contributed by atoms with Crippen molar-refractivity contribution >= 4 is 23.1 Å². The van der Waals surface area contributed by atoms with Crippen molar-refractivity contribution in [3.8, 4) is 23.0 Å². The lowest BCUT2D eigenvalue weighted by atomic mass is 9.95. The first-order valence-electron chi connectivity index (χ1n) is 12.6. The highest BCUT2D eigenvalue weighted by Gasteiger charge is 2.47. The van der Waals surface area contributed by atoms with Crippen molar-refractivity contribution in [1.29, 1.82) is 0 Å². The largest absolute Gasteiger partial charge is 0.507 e. The highest BCUT2D eigenvalue weighted by Crippen LogP contribution is 2.45. The fraction of sp³-hybridized carbons (Fsp3) is 0.267. The van der Waals surface area contributed by atoms with Crippen LogP contribution in [0.25, 0.3) is 5.76 Å². The van der Waals surface area contributed by atoms with Gasteiger partial charge in [0.1, 0.15) is 17.3 Å². The number of aliphatic hydroxyl groups is 1. The molecule has 0 aliphatic carbocycles. The van der Waals surface area contributed by atoms with Crippen molar-refractivity contribution in [2.75, 3.05) is 18.3 Å².